The number of carbonyl (C=O) groups is 1. The van der Waals surface area contributed by atoms with Crippen LogP contribution in [0.1, 0.15) is 10.4 Å². The monoisotopic (exact) mass is 315 g/mol. The van der Waals surface area contributed by atoms with Gasteiger partial charge in [0.05, 0.1) is 4.92 Å². The highest BCUT2D eigenvalue weighted by Crippen LogP contribution is 2.35. The van der Waals surface area contributed by atoms with Crippen LogP contribution in [-0.4, -0.2) is 26.2 Å². The van der Waals surface area contributed by atoms with E-state index in [-0.39, 0.29) is 6.29 Å². The Morgan fingerprint density at radius 3 is 2.37 bits per heavy atom. The third-order valence-electron chi connectivity index (χ3n) is 1.92. The maximum atomic E-state index is 12.1. The Bertz CT molecular complexity index is 632. The van der Waals surface area contributed by atoms with Gasteiger partial charge in [0.2, 0.25) is 0 Å². The third kappa shape index (κ3) is 3.35. The molecule has 0 heterocycles. The fourth-order valence-corrected chi connectivity index (χ4v) is 2.29. The predicted molar refractivity (Wildman–Crippen MR) is 58.2 cm³/mol. The van der Waals surface area contributed by atoms with Crippen molar-refractivity contribution >= 4 is 31.7 Å². The normalized spacial score (nSPS) is 11.4. The summed E-state index contributed by atoms with van der Waals surface area (Å²) in [6.45, 7) is -3.34. The molecule has 0 saturated heterocycles. The molecule has 0 aliphatic heterocycles. The number of rotatable bonds is 5. The van der Waals surface area contributed by atoms with Gasteiger partial charge in [-0.15, -0.1) is 0 Å². The van der Waals surface area contributed by atoms with Gasteiger partial charge in [-0.2, -0.15) is 8.78 Å². The standard InChI is InChI=1S/C8H4ClF2NO6S/c9-19(16,17)6-2-1-5(18-8(10)11)4(3-13)7(6)12(14)15/h1-3,8H. The van der Waals surface area contributed by atoms with Crippen molar-refractivity contribution in [1.29, 1.82) is 0 Å². The number of nitro benzene ring substituents is 1. The van der Waals surface area contributed by atoms with Crippen LogP contribution in [-0.2, 0) is 9.05 Å². The van der Waals surface area contributed by atoms with E-state index < -0.39 is 42.5 Å². The number of nitro groups is 1. The van der Waals surface area contributed by atoms with E-state index >= 15 is 0 Å². The first kappa shape index (κ1) is 15.2. The van der Waals surface area contributed by atoms with Crippen molar-refractivity contribution in [3.63, 3.8) is 0 Å². The molecule has 0 fully saturated rings. The number of aldehydes is 1. The fraction of sp³-hybridized carbons (Fsp3) is 0.125. The van der Waals surface area contributed by atoms with Crippen molar-refractivity contribution in [3.8, 4) is 5.75 Å². The molecule has 0 N–H and O–H groups in total. The summed E-state index contributed by atoms with van der Waals surface area (Å²) in [6.07, 6.45) is -0.165. The lowest BCUT2D eigenvalue weighted by atomic mass is 10.2. The van der Waals surface area contributed by atoms with E-state index in [0.29, 0.717) is 12.1 Å². The maximum absolute atomic E-state index is 12.1. The molecule has 0 aliphatic rings. The minimum Gasteiger partial charge on any atom is -0.434 e. The molecule has 0 atom stereocenters. The van der Waals surface area contributed by atoms with Gasteiger partial charge < -0.3 is 4.74 Å². The minimum absolute atomic E-state index is 0.165. The molecule has 1 rings (SSSR count). The molecule has 0 bridgehead atoms. The molecule has 104 valence electrons. The van der Waals surface area contributed by atoms with Crippen molar-refractivity contribution < 1.29 is 31.7 Å². The molecule has 7 nitrogen and oxygen atoms in total. The highest BCUT2D eigenvalue weighted by atomic mass is 35.7. The molecule has 0 unspecified atom stereocenters. The summed E-state index contributed by atoms with van der Waals surface area (Å²) in [6, 6.07) is 1.28. The number of alkyl halides is 2. The molecule has 0 spiro atoms. The van der Waals surface area contributed by atoms with Gasteiger partial charge in [-0.25, -0.2) is 8.42 Å². The van der Waals surface area contributed by atoms with Gasteiger partial charge in [0.1, 0.15) is 11.3 Å². The summed E-state index contributed by atoms with van der Waals surface area (Å²) in [5.41, 5.74) is -2.16. The van der Waals surface area contributed by atoms with E-state index in [1.807, 2.05) is 0 Å². The SMILES string of the molecule is O=Cc1c(OC(F)F)ccc(S(=O)(=O)Cl)c1[N+](=O)[O-]. The van der Waals surface area contributed by atoms with E-state index in [1.165, 1.54) is 0 Å². The number of nitrogens with zero attached hydrogens (tertiary/aromatic N) is 1. The van der Waals surface area contributed by atoms with E-state index in [9.17, 15) is 32.1 Å². The fourth-order valence-electron chi connectivity index (χ4n) is 1.27. The molecule has 0 amide bonds. The summed E-state index contributed by atoms with van der Waals surface area (Å²) in [4.78, 5) is 19.3. The van der Waals surface area contributed by atoms with Crippen LogP contribution in [0.3, 0.4) is 0 Å². The molecule has 1 aromatic carbocycles. The zero-order valence-corrected chi connectivity index (χ0v) is 10.3. The first-order valence-corrected chi connectivity index (χ1v) is 6.65. The van der Waals surface area contributed by atoms with Gasteiger partial charge in [0, 0.05) is 10.7 Å². The number of ether oxygens (including phenoxy) is 1. The molecule has 19 heavy (non-hydrogen) atoms. The Balaban J connectivity index is 3.66. The number of halogens is 3. The Hall–Kier alpha value is -1.81. The van der Waals surface area contributed by atoms with Gasteiger partial charge in [0.15, 0.2) is 11.2 Å². The second kappa shape index (κ2) is 5.45. The minimum atomic E-state index is -4.53. The second-order valence-corrected chi connectivity index (χ2v) is 5.55. The van der Waals surface area contributed by atoms with E-state index in [0.717, 1.165) is 0 Å². The molecule has 1 aromatic rings. The molecular weight excluding hydrogens is 312 g/mol. The van der Waals surface area contributed by atoms with Gasteiger partial charge in [-0.1, -0.05) is 0 Å². The van der Waals surface area contributed by atoms with E-state index in [2.05, 4.69) is 4.74 Å². The summed E-state index contributed by atoms with van der Waals surface area (Å²) in [5, 5.41) is 10.8. The Morgan fingerprint density at radius 1 is 1.42 bits per heavy atom. The van der Waals surface area contributed by atoms with Crippen molar-refractivity contribution in [2.45, 2.75) is 11.5 Å². The molecule has 0 saturated carbocycles. The quantitative estimate of drug-likeness (QED) is 0.356. The zero-order chi connectivity index (χ0) is 14.8. The Labute approximate surface area is 109 Å². The maximum Gasteiger partial charge on any atom is 0.387 e. The number of hydrogen-bond acceptors (Lipinski definition) is 6. The number of hydrogen-bond donors (Lipinski definition) is 0. The molecule has 0 aliphatic carbocycles. The number of benzene rings is 1. The van der Waals surface area contributed by atoms with Crippen LogP contribution >= 0.6 is 10.7 Å². The van der Waals surface area contributed by atoms with Crippen LogP contribution < -0.4 is 4.74 Å². The topological polar surface area (TPSA) is 104 Å². The van der Waals surface area contributed by atoms with Crippen LogP contribution in [0.4, 0.5) is 14.5 Å². The van der Waals surface area contributed by atoms with Crippen LogP contribution in [0.25, 0.3) is 0 Å². The molecule has 0 aromatic heterocycles. The summed E-state index contributed by atoms with van der Waals surface area (Å²) >= 11 is 0. The summed E-state index contributed by atoms with van der Waals surface area (Å²) in [5.74, 6) is -0.819. The Morgan fingerprint density at radius 2 is 2.00 bits per heavy atom. The highest BCUT2D eigenvalue weighted by Gasteiger charge is 2.31. The smallest absolute Gasteiger partial charge is 0.387 e. The molecular formula is C8H4ClF2NO6S. The predicted octanol–water partition coefficient (Wildman–Crippen LogP) is 1.94. The van der Waals surface area contributed by atoms with Crippen molar-refractivity contribution in [1.82, 2.24) is 0 Å². The Kier molecular flexibility index (Phi) is 4.37. The van der Waals surface area contributed by atoms with E-state index in [4.69, 9.17) is 10.7 Å². The van der Waals surface area contributed by atoms with Gasteiger partial charge in [-0.05, 0) is 12.1 Å². The number of carbonyl (C=O) groups excluding carboxylic acids is 1. The van der Waals surface area contributed by atoms with Crippen molar-refractivity contribution in [2.75, 3.05) is 0 Å². The van der Waals surface area contributed by atoms with Gasteiger partial charge >= 0.3 is 12.3 Å². The van der Waals surface area contributed by atoms with Gasteiger partial charge in [0.25, 0.3) is 9.05 Å². The largest absolute Gasteiger partial charge is 0.434 e. The van der Waals surface area contributed by atoms with Crippen LogP contribution in [0.5, 0.6) is 5.75 Å². The summed E-state index contributed by atoms with van der Waals surface area (Å²) < 4.78 is 50.2. The van der Waals surface area contributed by atoms with Gasteiger partial charge in [-0.3, -0.25) is 14.9 Å². The average molecular weight is 316 g/mol. The van der Waals surface area contributed by atoms with Crippen LogP contribution in [0.15, 0.2) is 17.0 Å². The lowest BCUT2D eigenvalue weighted by Gasteiger charge is -2.08. The zero-order valence-electron chi connectivity index (χ0n) is 8.75. The molecule has 0 radical (unpaired) electrons. The third-order valence-corrected chi connectivity index (χ3v) is 3.27. The van der Waals surface area contributed by atoms with Crippen LogP contribution in [0, 0.1) is 10.1 Å². The van der Waals surface area contributed by atoms with Crippen molar-refractivity contribution in [2.24, 2.45) is 0 Å². The molecule has 11 heteroatoms. The first-order valence-electron chi connectivity index (χ1n) is 4.34. The first-order chi connectivity index (χ1) is 8.68. The van der Waals surface area contributed by atoms with Crippen molar-refractivity contribution in [3.05, 3.63) is 27.8 Å². The lowest BCUT2D eigenvalue weighted by molar-refractivity contribution is -0.388. The summed E-state index contributed by atoms with van der Waals surface area (Å²) in [7, 11) is 0.430. The average Bonchev–Trinajstić information content (AvgIpc) is 2.25. The van der Waals surface area contributed by atoms with Crippen LogP contribution in [0.2, 0.25) is 0 Å². The van der Waals surface area contributed by atoms with E-state index in [1.54, 1.807) is 0 Å². The highest BCUT2D eigenvalue weighted by molar-refractivity contribution is 8.13. The lowest BCUT2D eigenvalue weighted by Crippen LogP contribution is -2.08. The second-order valence-electron chi connectivity index (χ2n) is 3.02.